The number of carbonyl (C=O) groups is 1. The number of nitrogen functional groups attached to an aromatic ring is 1. The molecule has 5 nitrogen and oxygen atoms in total. The average Bonchev–Trinajstić information content (AvgIpc) is 2.85. The van der Waals surface area contributed by atoms with Crippen molar-refractivity contribution in [2.24, 2.45) is 5.92 Å². The van der Waals surface area contributed by atoms with Gasteiger partial charge in [0.2, 0.25) is 0 Å². The van der Waals surface area contributed by atoms with E-state index in [0.717, 1.165) is 10.9 Å². The summed E-state index contributed by atoms with van der Waals surface area (Å²) in [6.07, 6.45) is 2.05. The molecule has 2 rings (SSSR count). The Labute approximate surface area is 124 Å². The molecule has 0 bridgehead atoms. The number of nitriles is 1. The lowest BCUT2D eigenvalue weighted by atomic mass is 10.1. The summed E-state index contributed by atoms with van der Waals surface area (Å²) in [5, 5.41) is 9.58. The molecule has 0 spiro atoms. The molecule has 0 aliphatic rings. The molecule has 1 aromatic heterocycles. The van der Waals surface area contributed by atoms with Gasteiger partial charge in [-0.15, -0.1) is 0 Å². The topological polar surface area (TPSA) is 85.9 Å². The second-order valence-electron chi connectivity index (χ2n) is 5.56. The molecule has 0 unspecified atom stereocenters. The molecule has 1 aromatic carbocycles. The first-order valence-corrected chi connectivity index (χ1v) is 7.05. The van der Waals surface area contributed by atoms with Gasteiger partial charge in [0.1, 0.15) is 0 Å². The van der Waals surface area contributed by atoms with Crippen LogP contribution in [0.25, 0.3) is 10.9 Å². The number of amides is 1. The molecule has 3 N–H and O–H groups in total. The molecule has 1 amide bonds. The van der Waals surface area contributed by atoms with Gasteiger partial charge < -0.3 is 15.6 Å². The summed E-state index contributed by atoms with van der Waals surface area (Å²) in [4.78, 5) is 17.6. The fourth-order valence-corrected chi connectivity index (χ4v) is 2.39. The third kappa shape index (κ3) is 3.34. The molecule has 0 fully saturated rings. The van der Waals surface area contributed by atoms with Crippen LogP contribution in [-0.4, -0.2) is 28.9 Å². The van der Waals surface area contributed by atoms with Crippen LogP contribution in [0, 0.1) is 17.2 Å². The maximum Gasteiger partial charge on any atom is 0.256 e. The van der Waals surface area contributed by atoms with Gasteiger partial charge in [-0.25, -0.2) is 0 Å². The van der Waals surface area contributed by atoms with Crippen molar-refractivity contribution in [1.82, 2.24) is 9.88 Å². The van der Waals surface area contributed by atoms with Crippen molar-refractivity contribution < 1.29 is 4.79 Å². The Kier molecular flexibility index (Phi) is 4.49. The predicted octanol–water partition coefficient (Wildman–Crippen LogP) is 2.76. The number of nitrogens with one attached hydrogen (secondary N) is 1. The minimum Gasteiger partial charge on any atom is -0.399 e. The van der Waals surface area contributed by atoms with Crippen LogP contribution in [0.15, 0.2) is 24.4 Å². The fraction of sp³-hybridized carbons (Fsp3) is 0.375. The maximum absolute atomic E-state index is 12.7. The highest BCUT2D eigenvalue weighted by Crippen LogP contribution is 2.22. The first-order chi connectivity index (χ1) is 10.0. The molecule has 0 saturated carbocycles. The standard InChI is InChI=1S/C16H20N4O/c1-11(2)10-20(7-3-6-17)16(21)14-9-19-15-5-4-12(18)8-13(14)15/h4-5,8-9,11,19H,3,7,10,18H2,1-2H3. The summed E-state index contributed by atoms with van der Waals surface area (Å²) in [5.41, 5.74) is 7.93. The fourth-order valence-electron chi connectivity index (χ4n) is 2.39. The molecular formula is C16H20N4O. The van der Waals surface area contributed by atoms with Crippen molar-refractivity contribution in [3.63, 3.8) is 0 Å². The van der Waals surface area contributed by atoms with Gasteiger partial charge in [0, 0.05) is 35.9 Å². The highest BCUT2D eigenvalue weighted by Gasteiger charge is 2.20. The number of hydrogen-bond acceptors (Lipinski definition) is 3. The number of benzene rings is 1. The molecule has 0 saturated heterocycles. The summed E-state index contributed by atoms with van der Waals surface area (Å²) >= 11 is 0. The van der Waals surface area contributed by atoms with Gasteiger partial charge in [-0.2, -0.15) is 5.26 Å². The number of anilines is 1. The van der Waals surface area contributed by atoms with Gasteiger partial charge in [-0.1, -0.05) is 13.8 Å². The zero-order valence-electron chi connectivity index (χ0n) is 12.4. The summed E-state index contributed by atoms with van der Waals surface area (Å²) in [7, 11) is 0. The van der Waals surface area contributed by atoms with Crippen LogP contribution < -0.4 is 5.73 Å². The Bertz CT molecular complexity index is 681. The van der Waals surface area contributed by atoms with Gasteiger partial charge in [0.05, 0.1) is 18.1 Å². The zero-order valence-corrected chi connectivity index (χ0v) is 12.4. The number of hydrogen-bond donors (Lipinski definition) is 2. The van der Waals surface area contributed by atoms with Crippen LogP contribution in [0.5, 0.6) is 0 Å². The Balaban J connectivity index is 2.33. The lowest BCUT2D eigenvalue weighted by molar-refractivity contribution is 0.0742. The van der Waals surface area contributed by atoms with Gasteiger partial charge in [0.15, 0.2) is 0 Å². The number of aromatic amines is 1. The number of nitrogens with two attached hydrogens (primary N) is 1. The van der Waals surface area contributed by atoms with Crippen LogP contribution in [0.3, 0.4) is 0 Å². The number of aromatic nitrogens is 1. The largest absolute Gasteiger partial charge is 0.399 e. The number of rotatable bonds is 5. The van der Waals surface area contributed by atoms with E-state index >= 15 is 0 Å². The molecule has 2 aromatic rings. The van der Waals surface area contributed by atoms with Gasteiger partial charge in [0.25, 0.3) is 5.91 Å². The molecule has 1 heterocycles. The molecule has 0 aliphatic carbocycles. The van der Waals surface area contributed by atoms with Crippen molar-refractivity contribution in [2.45, 2.75) is 20.3 Å². The summed E-state index contributed by atoms with van der Waals surface area (Å²) in [5.74, 6) is 0.290. The second-order valence-corrected chi connectivity index (χ2v) is 5.56. The van der Waals surface area contributed by atoms with E-state index in [1.165, 1.54) is 0 Å². The predicted molar refractivity (Wildman–Crippen MR) is 83.7 cm³/mol. The number of fused-ring (bicyclic) bond motifs is 1. The third-order valence-corrected chi connectivity index (χ3v) is 3.30. The SMILES string of the molecule is CC(C)CN(CCC#N)C(=O)c1c[nH]c2ccc(N)cc12. The molecule has 0 aliphatic heterocycles. The van der Waals surface area contributed by atoms with E-state index in [-0.39, 0.29) is 5.91 Å². The molecular weight excluding hydrogens is 264 g/mol. The van der Waals surface area contributed by atoms with Crippen molar-refractivity contribution in [3.8, 4) is 6.07 Å². The Morgan fingerprint density at radius 2 is 2.24 bits per heavy atom. The van der Waals surface area contributed by atoms with Crippen molar-refractivity contribution in [3.05, 3.63) is 30.0 Å². The van der Waals surface area contributed by atoms with E-state index in [2.05, 4.69) is 24.9 Å². The van der Waals surface area contributed by atoms with Crippen molar-refractivity contribution in [1.29, 1.82) is 5.26 Å². The van der Waals surface area contributed by atoms with E-state index in [1.54, 1.807) is 23.2 Å². The molecule has 0 radical (unpaired) electrons. The van der Waals surface area contributed by atoms with Gasteiger partial charge in [-0.3, -0.25) is 4.79 Å². The van der Waals surface area contributed by atoms with Crippen molar-refractivity contribution >= 4 is 22.5 Å². The van der Waals surface area contributed by atoms with Crippen LogP contribution in [0.2, 0.25) is 0 Å². The Hall–Kier alpha value is -2.48. The molecule has 110 valence electrons. The number of carbonyl (C=O) groups excluding carboxylic acids is 1. The summed E-state index contributed by atoms with van der Waals surface area (Å²) in [6.45, 7) is 5.19. The van der Waals surface area contributed by atoms with Gasteiger partial charge in [-0.05, 0) is 24.1 Å². The normalized spacial score (nSPS) is 10.8. The summed E-state index contributed by atoms with van der Waals surface area (Å²) < 4.78 is 0. The Morgan fingerprint density at radius 1 is 1.48 bits per heavy atom. The summed E-state index contributed by atoms with van der Waals surface area (Å²) in [6, 6.07) is 7.56. The monoisotopic (exact) mass is 284 g/mol. The molecule has 0 atom stereocenters. The second kappa shape index (κ2) is 6.31. The number of H-pyrrole nitrogens is 1. The first kappa shape index (κ1) is 14.9. The Morgan fingerprint density at radius 3 is 2.90 bits per heavy atom. The highest BCUT2D eigenvalue weighted by atomic mass is 16.2. The number of nitrogens with zero attached hydrogens (tertiary/aromatic N) is 2. The van der Waals surface area contributed by atoms with E-state index in [1.807, 2.05) is 6.07 Å². The smallest absolute Gasteiger partial charge is 0.256 e. The van der Waals surface area contributed by atoms with E-state index in [0.29, 0.717) is 36.7 Å². The van der Waals surface area contributed by atoms with E-state index in [9.17, 15) is 4.79 Å². The minimum atomic E-state index is -0.0594. The van der Waals surface area contributed by atoms with Crippen LogP contribution in [0.1, 0.15) is 30.6 Å². The van der Waals surface area contributed by atoms with Crippen LogP contribution >= 0.6 is 0 Å². The lowest BCUT2D eigenvalue weighted by Crippen LogP contribution is -2.34. The first-order valence-electron chi connectivity index (χ1n) is 7.05. The molecule has 21 heavy (non-hydrogen) atoms. The quantitative estimate of drug-likeness (QED) is 0.828. The van der Waals surface area contributed by atoms with E-state index in [4.69, 9.17) is 11.0 Å². The third-order valence-electron chi connectivity index (χ3n) is 3.30. The zero-order chi connectivity index (χ0) is 15.4. The molecule has 5 heteroatoms. The van der Waals surface area contributed by atoms with E-state index < -0.39 is 0 Å². The lowest BCUT2D eigenvalue weighted by Gasteiger charge is -2.23. The maximum atomic E-state index is 12.7. The minimum absolute atomic E-state index is 0.0594. The average molecular weight is 284 g/mol. The van der Waals surface area contributed by atoms with Crippen LogP contribution in [0.4, 0.5) is 5.69 Å². The highest BCUT2D eigenvalue weighted by molar-refractivity contribution is 6.07. The van der Waals surface area contributed by atoms with Crippen molar-refractivity contribution in [2.75, 3.05) is 18.8 Å². The van der Waals surface area contributed by atoms with Gasteiger partial charge >= 0.3 is 0 Å². The van der Waals surface area contributed by atoms with Crippen LogP contribution in [-0.2, 0) is 0 Å².